The van der Waals surface area contributed by atoms with Crippen molar-refractivity contribution in [2.45, 2.75) is 33.4 Å². The molecule has 1 aromatic heterocycles. The molecular weight excluding hydrogens is 277 g/mol. The molecule has 0 saturated carbocycles. The van der Waals surface area contributed by atoms with Gasteiger partial charge < -0.3 is 5.32 Å². The summed E-state index contributed by atoms with van der Waals surface area (Å²) in [7, 11) is 1.92. The summed E-state index contributed by atoms with van der Waals surface area (Å²) in [4.78, 5) is 0. The molecule has 0 aliphatic carbocycles. The van der Waals surface area contributed by atoms with E-state index in [1.54, 1.807) is 6.07 Å². The summed E-state index contributed by atoms with van der Waals surface area (Å²) in [6.45, 7) is 6.58. The largest absolute Gasteiger partial charge is 0.313 e. The highest BCUT2D eigenvalue weighted by Gasteiger charge is 2.17. The van der Waals surface area contributed by atoms with Crippen molar-refractivity contribution in [1.29, 1.82) is 0 Å². The van der Waals surface area contributed by atoms with E-state index in [0.29, 0.717) is 6.54 Å². The van der Waals surface area contributed by atoms with Crippen molar-refractivity contribution in [3.63, 3.8) is 0 Å². The molecule has 2 rings (SSSR count). The fourth-order valence-electron chi connectivity index (χ4n) is 2.47. The number of halogens is 2. The van der Waals surface area contributed by atoms with E-state index in [2.05, 4.69) is 17.3 Å². The van der Waals surface area contributed by atoms with Gasteiger partial charge in [-0.05, 0) is 39.4 Å². The van der Waals surface area contributed by atoms with Gasteiger partial charge in [-0.3, -0.25) is 4.68 Å². The van der Waals surface area contributed by atoms with Gasteiger partial charge in [-0.2, -0.15) is 5.10 Å². The van der Waals surface area contributed by atoms with Gasteiger partial charge in [-0.15, -0.1) is 0 Å². The summed E-state index contributed by atoms with van der Waals surface area (Å²) in [5.41, 5.74) is 3.97. The maximum absolute atomic E-state index is 13.5. The van der Waals surface area contributed by atoms with Gasteiger partial charge in [-0.1, -0.05) is 23.7 Å². The molecule has 20 heavy (non-hydrogen) atoms. The third kappa shape index (κ3) is 2.72. The molecule has 108 valence electrons. The van der Waals surface area contributed by atoms with Crippen LogP contribution < -0.4 is 5.32 Å². The summed E-state index contributed by atoms with van der Waals surface area (Å²) in [5, 5.41) is 7.93. The lowest BCUT2D eigenvalue weighted by Crippen LogP contribution is -2.14. The zero-order chi connectivity index (χ0) is 14.9. The normalized spacial score (nSPS) is 12.7. The first-order chi connectivity index (χ1) is 9.45. The van der Waals surface area contributed by atoms with E-state index < -0.39 is 5.82 Å². The Morgan fingerprint density at radius 1 is 1.40 bits per heavy atom. The average Bonchev–Trinajstić information content (AvgIpc) is 2.69. The maximum Gasteiger partial charge on any atom is 0.142 e. The van der Waals surface area contributed by atoms with Crippen molar-refractivity contribution < 1.29 is 4.39 Å². The van der Waals surface area contributed by atoms with E-state index in [1.165, 1.54) is 11.6 Å². The number of aryl methyl sites for hydroxylation is 1. The van der Waals surface area contributed by atoms with Gasteiger partial charge in [0.15, 0.2) is 0 Å². The Bertz CT molecular complexity index is 622. The minimum absolute atomic E-state index is 0.170. The van der Waals surface area contributed by atoms with E-state index in [4.69, 9.17) is 11.6 Å². The first-order valence-electron chi connectivity index (χ1n) is 6.59. The molecule has 0 fully saturated rings. The zero-order valence-electron chi connectivity index (χ0n) is 12.2. The van der Waals surface area contributed by atoms with Crippen LogP contribution in [0.5, 0.6) is 0 Å². The van der Waals surface area contributed by atoms with Crippen LogP contribution in [0.25, 0.3) is 0 Å². The second-order valence-electron chi connectivity index (χ2n) is 4.97. The van der Waals surface area contributed by atoms with Gasteiger partial charge in [0.2, 0.25) is 0 Å². The minimum atomic E-state index is -0.394. The Morgan fingerprint density at radius 2 is 2.10 bits per heavy atom. The smallest absolute Gasteiger partial charge is 0.142 e. The van der Waals surface area contributed by atoms with E-state index in [-0.39, 0.29) is 11.1 Å². The molecule has 0 saturated heterocycles. The summed E-state index contributed by atoms with van der Waals surface area (Å²) < 4.78 is 15.4. The molecule has 1 atom stereocenters. The number of aromatic nitrogens is 2. The first-order valence-corrected chi connectivity index (χ1v) is 6.97. The van der Waals surface area contributed by atoms with Crippen LogP contribution in [0.1, 0.15) is 35.5 Å². The van der Waals surface area contributed by atoms with E-state index in [0.717, 1.165) is 17.0 Å². The van der Waals surface area contributed by atoms with Crippen LogP contribution in [-0.4, -0.2) is 16.8 Å². The Labute approximate surface area is 123 Å². The first kappa shape index (κ1) is 15.0. The molecule has 0 amide bonds. The van der Waals surface area contributed by atoms with Gasteiger partial charge in [0, 0.05) is 17.3 Å². The lowest BCUT2D eigenvalue weighted by molar-refractivity contribution is 0.613. The van der Waals surface area contributed by atoms with Crippen molar-refractivity contribution in [3.8, 4) is 0 Å². The molecule has 0 aliphatic heterocycles. The van der Waals surface area contributed by atoms with Crippen LogP contribution in [0.3, 0.4) is 0 Å². The Morgan fingerprint density at radius 3 is 2.75 bits per heavy atom. The van der Waals surface area contributed by atoms with Crippen molar-refractivity contribution in [1.82, 2.24) is 15.1 Å². The van der Waals surface area contributed by atoms with Crippen molar-refractivity contribution >= 4 is 11.6 Å². The highest BCUT2D eigenvalue weighted by atomic mass is 35.5. The standard InChI is InChI=1S/C15H19ClFN3/c1-9(18-4)14-10(2)19-20(11(14)3)8-12-6-5-7-13(17)15(12)16/h5-7,9,18H,8H2,1-4H3. The van der Waals surface area contributed by atoms with Gasteiger partial charge in [0.1, 0.15) is 5.82 Å². The van der Waals surface area contributed by atoms with E-state index in [1.807, 2.05) is 31.6 Å². The molecule has 0 radical (unpaired) electrons. The summed E-state index contributed by atoms with van der Waals surface area (Å²) >= 11 is 6.00. The fraction of sp³-hybridized carbons (Fsp3) is 0.400. The van der Waals surface area contributed by atoms with E-state index >= 15 is 0 Å². The SMILES string of the molecule is CNC(C)c1c(C)nn(Cc2cccc(F)c2Cl)c1C. The van der Waals surface area contributed by atoms with E-state index in [9.17, 15) is 4.39 Å². The maximum atomic E-state index is 13.5. The average molecular weight is 296 g/mol. The minimum Gasteiger partial charge on any atom is -0.313 e. The fourth-order valence-corrected chi connectivity index (χ4v) is 2.65. The summed E-state index contributed by atoms with van der Waals surface area (Å²) in [5.74, 6) is -0.394. The third-order valence-corrected chi connectivity index (χ3v) is 4.08. The highest BCUT2D eigenvalue weighted by molar-refractivity contribution is 6.31. The number of nitrogens with one attached hydrogen (secondary N) is 1. The highest BCUT2D eigenvalue weighted by Crippen LogP contribution is 2.24. The van der Waals surface area contributed by atoms with Crippen LogP contribution in [0.15, 0.2) is 18.2 Å². The molecule has 1 unspecified atom stereocenters. The lowest BCUT2D eigenvalue weighted by atomic mass is 10.1. The molecule has 1 heterocycles. The molecule has 2 aromatic rings. The van der Waals surface area contributed by atoms with Crippen LogP contribution in [0, 0.1) is 19.7 Å². The number of hydrogen-bond donors (Lipinski definition) is 1. The second-order valence-corrected chi connectivity index (χ2v) is 5.34. The Kier molecular flexibility index (Phi) is 4.45. The third-order valence-electron chi connectivity index (χ3n) is 3.66. The second kappa shape index (κ2) is 5.94. The van der Waals surface area contributed by atoms with Gasteiger partial charge in [0.25, 0.3) is 0 Å². The number of benzene rings is 1. The molecule has 1 N–H and O–H groups in total. The molecular formula is C15H19ClFN3. The van der Waals surface area contributed by atoms with Crippen LogP contribution >= 0.6 is 11.6 Å². The van der Waals surface area contributed by atoms with Gasteiger partial charge >= 0.3 is 0 Å². The number of nitrogens with zero attached hydrogens (tertiary/aromatic N) is 2. The predicted molar refractivity (Wildman–Crippen MR) is 79.7 cm³/mol. The zero-order valence-corrected chi connectivity index (χ0v) is 12.9. The summed E-state index contributed by atoms with van der Waals surface area (Å²) in [6.07, 6.45) is 0. The molecule has 0 aliphatic rings. The quantitative estimate of drug-likeness (QED) is 0.933. The van der Waals surface area contributed by atoms with Gasteiger partial charge in [-0.25, -0.2) is 4.39 Å². The molecule has 3 nitrogen and oxygen atoms in total. The van der Waals surface area contributed by atoms with Crippen LogP contribution in [0.4, 0.5) is 4.39 Å². The Hall–Kier alpha value is -1.39. The number of hydrogen-bond acceptors (Lipinski definition) is 2. The van der Waals surface area contributed by atoms with Gasteiger partial charge in [0.05, 0.1) is 17.3 Å². The van der Waals surface area contributed by atoms with Crippen LogP contribution in [-0.2, 0) is 6.54 Å². The number of rotatable bonds is 4. The molecule has 5 heteroatoms. The van der Waals surface area contributed by atoms with Crippen molar-refractivity contribution in [2.75, 3.05) is 7.05 Å². The lowest BCUT2D eigenvalue weighted by Gasteiger charge is -2.12. The topological polar surface area (TPSA) is 29.9 Å². The monoisotopic (exact) mass is 295 g/mol. The van der Waals surface area contributed by atoms with Crippen LogP contribution in [0.2, 0.25) is 5.02 Å². The summed E-state index contributed by atoms with van der Waals surface area (Å²) in [6, 6.07) is 5.08. The predicted octanol–water partition coefficient (Wildman–Crippen LogP) is 3.62. The molecule has 0 bridgehead atoms. The van der Waals surface area contributed by atoms with Crippen molar-refractivity contribution in [3.05, 3.63) is 51.6 Å². The molecule has 0 spiro atoms. The van der Waals surface area contributed by atoms with Crippen molar-refractivity contribution in [2.24, 2.45) is 0 Å². The molecule has 1 aromatic carbocycles. The Balaban J connectivity index is 2.38.